The van der Waals surface area contributed by atoms with Crippen LogP contribution in [0.1, 0.15) is 27.2 Å². The molecule has 0 saturated heterocycles. The van der Waals surface area contributed by atoms with E-state index in [4.69, 9.17) is 10.4 Å². The van der Waals surface area contributed by atoms with Gasteiger partial charge >= 0.3 is 0 Å². The molecule has 0 aliphatic carbocycles. The number of hydrogen-bond donors (Lipinski definition) is 3. The van der Waals surface area contributed by atoms with Gasteiger partial charge in [-0.1, -0.05) is 13.8 Å². The van der Waals surface area contributed by atoms with Crippen molar-refractivity contribution in [2.45, 2.75) is 32.8 Å². The molecule has 3 N–H and O–H groups in total. The summed E-state index contributed by atoms with van der Waals surface area (Å²) in [6.45, 7) is 4.44. The summed E-state index contributed by atoms with van der Waals surface area (Å²) in [4.78, 5) is 11.6. The van der Waals surface area contributed by atoms with Gasteiger partial charge in [0.05, 0.1) is 19.1 Å². The van der Waals surface area contributed by atoms with E-state index in [1.54, 1.807) is 13.8 Å². The normalized spacial score (nSPS) is 15.2. The predicted octanol–water partition coefficient (Wildman–Crippen LogP) is -0.214. The summed E-state index contributed by atoms with van der Waals surface area (Å²) < 4.78 is 0. The molecule has 0 radical (unpaired) electrons. The molecule has 0 spiro atoms. The molecule has 0 aliphatic rings. The zero-order chi connectivity index (χ0) is 12.1. The Hall–Kier alpha value is -1.12. The minimum Gasteiger partial charge on any atom is -0.396 e. The number of amides is 1. The Morgan fingerprint density at radius 1 is 1.47 bits per heavy atom. The highest BCUT2D eigenvalue weighted by atomic mass is 16.3. The lowest BCUT2D eigenvalue weighted by molar-refractivity contribution is -0.154. The fraction of sp³-hybridized carbons (Fsp3) is 0.800. The van der Waals surface area contributed by atoms with Crippen molar-refractivity contribution in [1.29, 1.82) is 5.26 Å². The highest BCUT2D eigenvalue weighted by Crippen LogP contribution is 2.30. The van der Waals surface area contributed by atoms with Gasteiger partial charge in [0.15, 0.2) is 0 Å². The summed E-state index contributed by atoms with van der Waals surface area (Å²) in [5, 5.41) is 29.7. The zero-order valence-electron chi connectivity index (χ0n) is 9.37. The molecule has 1 unspecified atom stereocenters. The van der Waals surface area contributed by atoms with E-state index in [1.165, 1.54) is 6.92 Å². The quantitative estimate of drug-likeness (QED) is 0.552. The Kier molecular flexibility index (Phi) is 4.72. The number of nitrogens with zero attached hydrogens (tertiary/aromatic N) is 1. The van der Waals surface area contributed by atoms with Crippen LogP contribution < -0.4 is 5.32 Å². The van der Waals surface area contributed by atoms with Gasteiger partial charge in [0, 0.05) is 12.0 Å². The largest absolute Gasteiger partial charge is 0.396 e. The van der Waals surface area contributed by atoms with Crippen molar-refractivity contribution >= 4 is 5.91 Å². The van der Waals surface area contributed by atoms with Crippen molar-refractivity contribution in [3.05, 3.63) is 0 Å². The van der Waals surface area contributed by atoms with E-state index in [9.17, 15) is 9.90 Å². The second-order valence-electron chi connectivity index (χ2n) is 4.28. The number of aliphatic hydroxyl groups is 2. The van der Waals surface area contributed by atoms with Crippen molar-refractivity contribution in [1.82, 2.24) is 5.32 Å². The third-order valence-electron chi connectivity index (χ3n) is 2.68. The first-order valence-corrected chi connectivity index (χ1v) is 4.78. The molecule has 15 heavy (non-hydrogen) atoms. The summed E-state index contributed by atoms with van der Waals surface area (Å²) in [5.41, 5.74) is -2.58. The van der Waals surface area contributed by atoms with Gasteiger partial charge < -0.3 is 15.5 Å². The van der Waals surface area contributed by atoms with E-state index >= 15 is 0 Å². The van der Waals surface area contributed by atoms with Gasteiger partial charge in [0.25, 0.3) is 5.91 Å². The molecule has 0 aliphatic heterocycles. The molecule has 0 rings (SSSR count). The van der Waals surface area contributed by atoms with Crippen LogP contribution in [0.3, 0.4) is 0 Å². The molecule has 0 aromatic rings. The van der Waals surface area contributed by atoms with Crippen LogP contribution in [-0.4, -0.2) is 34.9 Å². The van der Waals surface area contributed by atoms with Crippen molar-refractivity contribution in [2.24, 2.45) is 5.41 Å². The van der Waals surface area contributed by atoms with Crippen molar-refractivity contribution in [2.75, 3.05) is 13.2 Å². The maximum absolute atomic E-state index is 11.6. The van der Waals surface area contributed by atoms with Gasteiger partial charge in [-0.05, 0) is 6.92 Å². The van der Waals surface area contributed by atoms with Gasteiger partial charge in [-0.2, -0.15) is 5.26 Å². The molecule has 1 amide bonds. The average molecular weight is 214 g/mol. The number of hydrogen-bond acceptors (Lipinski definition) is 4. The van der Waals surface area contributed by atoms with Crippen LogP contribution >= 0.6 is 0 Å². The van der Waals surface area contributed by atoms with Crippen LogP contribution in [0.2, 0.25) is 0 Å². The predicted molar refractivity (Wildman–Crippen MR) is 54.7 cm³/mol. The lowest BCUT2D eigenvalue weighted by Crippen LogP contribution is -2.55. The number of nitrogens with one attached hydrogen (secondary N) is 1. The summed E-state index contributed by atoms with van der Waals surface area (Å²) in [6, 6.07) is 1.88. The number of carbonyl (C=O) groups excluding carboxylic acids is 1. The van der Waals surface area contributed by atoms with Gasteiger partial charge in [-0.25, -0.2) is 0 Å². The molecule has 0 aromatic carbocycles. The van der Waals surface area contributed by atoms with E-state index in [-0.39, 0.29) is 19.6 Å². The molecule has 5 nitrogen and oxygen atoms in total. The molecule has 0 saturated carbocycles. The van der Waals surface area contributed by atoms with Gasteiger partial charge in [-0.3, -0.25) is 4.79 Å². The fourth-order valence-corrected chi connectivity index (χ4v) is 0.865. The Morgan fingerprint density at radius 2 is 2.00 bits per heavy atom. The number of rotatable bonds is 5. The van der Waals surface area contributed by atoms with Crippen LogP contribution in [0.5, 0.6) is 0 Å². The third kappa shape index (κ3) is 3.18. The zero-order valence-corrected chi connectivity index (χ0v) is 9.37. The van der Waals surface area contributed by atoms with E-state index in [0.717, 1.165) is 0 Å². The van der Waals surface area contributed by atoms with Gasteiger partial charge in [0.1, 0.15) is 5.60 Å². The fourth-order valence-electron chi connectivity index (χ4n) is 0.865. The van der Waals surface area contributed by atoms with Gasteiger partial charge in [-0.15, -0.1) is 0 Å². The first kappa shape index (κ1) is 13.9. The monoisotopic (exact) mass is 214 g/mol. The summed E-state index contributed by atoms with van der Waals surface area (Å²) in [5.74, 6) is -0.572. The maximum Gasteiger partial charge on any atom is 0.252 e. The summed E-state index contributed by atoms with van der Waals surface area (Å²) in [7, 11) is 0. The molecular formula is C10H18N2O3. The summed E-state index contributed by atoms with van der Waals surface area (Å²) >= 11 is 0. The van der Waals surface area contributed by atoms with Crippen molar-refractivity contribution in [3.8, 4) is 6.07 Å². The summed E-state index contributed by atoms with van der Waals surface area (Å²) in [6.07, 6.45) is 0.196. The third-order valence-corrected chi connectivity index (χ3v) is 2.68. The minimum atomic E-state index is -1.66. The Morgan fingerprint density at radius 3 is 2.40 bits per heavy atom. The Labute approximate surface area is 89.7 Å². The van der Waals surface area contributed by atoms with E-state index < -0.39 is 16.9 Å². The molecule has 86 valence electrons. The van der Waals surface area contributed by atoms with E-state index in [2.05, 4.69) is 5.32 Å². The minimum absolute atomic E-state index is 0.196. The molecular weight excluding hydrogens is 196 g/mol. The van der Waals surface area contributed by atoms with E-state index in [1.807, 2.05) is 6.07 Å². The van der Waals surface area contributed by atoms with Crippen molar-refractivity contribution < 1.29 is 15.0 Å². The molecule has 0 bridgehead atoms. The number of carbonyl (C=O) groups is 1. The Balaban J connectivity index is 4.46. The van der Waals surface area contributed by atoms with Crippen molar-refractivity contribution in [3.63, 3.8) is 0 Å². The highest BCUT2D eigenvalue weighted by Gasteiger charge is 2.45. The smallest absolute Gasteiger partial charge is 0.252 e. The van der Waals surface area contributed by atoms with Gasteiger partial charge in [0.2, 0.25) is 0 Å². The van der Waals surface area contributed by atoms with Crippen LogP contribution in [0.15, 0.2) is 0 Å². The topological polar surface area (TPSA) is 93.3 Å². The maximum atomic E-state index is 11.6. The van der Waals surface area contributed by atoms with Crippen LogP contribution in [-0.2, 0) is 4.79 Å². The van der Waals surface area contributed by atoms with E-state index in [0.29, 0.717) is 0 Å². The molecule has 5 heteroatoms. The Bertz CT molecular complexity index is 266. The molecule has 0 fully saturated rings. The van der Waals surface area contributed by atoms with Crippen LogP contribution in [0.4, 0.5) is 0 Å². The second kappa shape index (κ2) is 5.10. The first-order chi connectivity index (χ1) is 6.79. The first-order valence-electron chi connectivity index (χ1n) is 4.78. The SMILES string of the molecule is CC(C)(CO)C(C)(O)C(=O)NCCC#N. The molecule has 1 atom stereocenters. The average Bonchev–Trinajstić information content (AvgIpc) is 2.17. The standard InChI is InChI=1S/C10H18N2O3/c1-9(2,7-13)10(3,15)8(14)12-6-4-5-11/h13,15H,4,6-7H2,1-3H3,(H,12,14). The van der Waals surface area contributed by atoms with Crippen LogP contribution in [0, 0.1) is 16.7 Å². The second-order valence-corrected chi connectivity index (χ2v) is 4.28. The molecule has 0 aromatic heterocycles. The molecule has 0 heterocycles. The number of aliphatic hydroxyl groups excluding tert-OH is 1. The lowest BCUT2D eigenvalue weighted by atomic mass is 9.76. The number of nitriles is 1. The highest BCUT2D eigenvalue weighted by molar-refractivity contribution is 5.85. The lowest BCUT2D eigenvalue weighted by Gasteiger charge is -2.36. The van der Waals surface area contributed by atoms with Crippen LogP contribution in [0.25, 0.3) is 0 Å².